The Balaban J connectivity index is 1.91. The van der Waals surface area contributed by atoms with Gasteiger partial charge in [-0.2, -0.15) is 5.10 Å². The van der Waals surface area contributed by atoms with Crippen molar-refractivity contribution in [2.24, 2.45) is 0 Å². The lowest BCUT2D eigenvalue weighted by atomic mass is 10.3. The third kappa shape index (κ3) is 2.38. The second kappa shape index (κ2) is 4.44. The highest BCUT2D eigenvalue weighted by molar-refractivity contribution is 6.35. The van der Waals surface area contributed by atoms with Crippen molar-refractivity contribution in [3.05, 3.63) is 12.3 Å². The zero-order valence-corrected chi connectivity index (χ0v) is 9.67. The summed E-state index contributed by atoms with van der Waals surface area (Å²) in [5.74, 6) is -0.444. The number of nitrogen functional groups attached to an aromatic ring is 1. The first-order valence-electron chi connectivity index (χ1n) is 5.41. The summed E-state index contributed by atoms with van der Waals surface area (Å²) in [7, 11) is 1.63. The fraction of sp³-hybridized carbons (Fsp3) is 0.500. The number of anilines is 1. The van der Waals surface area contributed by atoms with Crippen LogP contribution in [0, 0.1) is 0 Å². The summed E-state index contributed by atoms with van der Waals surface area (Å²) in [4.78, 5) is 26.1. The van der Waals surface area contributed by atoms with Gasteiger partial charge in [-0.25, -0.2) is 0 Å². The number of hydrogen-bond donors (Lipinski definition) is 1. The predicted octanol–water partition coefficient (Wildman–Crippen LogP) is -1.23. The van der Waals surface area contributed by atoms with Crippen LogP contribution in [-0.4, -0.2) is 58.1 Å². The lowest BCUT2D eigenvalue weighted by Gasteiger charge is -2.31. The molecular weight excluding hydrogens is 222 g/mol. The van der Waals surface area contributed by atoms with Gasteiger partial charge in [0.15, 0.2) is 0 Å². The molecular formula is C10H15N5O2. The number of nitrogens with zero attached hydrogens (tertiary/aromatic N) is 4. The zero-order valence-electron chi connectivity index (χ0n) is 9.67. The minimum atomic E-state index is -0.448. The van der Waals surface area contributed by atoms with Crippen molar-refractivity contribution >= 4 is 17.6 Å². The van der Waals surface area contributed by atoms with Crippen LogP contribution in [0.2, 0.25) is 0 Å². The Kier molecular flexibility index (Phi) is 2.99. The van der Waals surface area contributed by atoms with Crippen LogP contribution in [0.25, 0.3) is 0 Å². The molecule has 0 spiro atoms. The summed E-state index contributed by atoms with van der Waals surface area (Å²) in [5.41, 5.74) is 5.48. The SMILES string of the molecule is CN1CCN(CCn2ccc(N)n2)C(=O)C1=O. The normalized spacial score (nSPS) is 16.8. The topological polar surface area (TPSA) is 84.5 Å². The maximum atomic E-state index is 11.6. The minimum Gasteiger partial charge on any atom is -0.382 e. The van der Waals surface area contributed by atoms with Crippen molar-refractivity contribution in [3.63, 3.8) is 0 Å². The molecule has 17 heavy (non-hydrogen) atoms. The van der Waals surface area contributed by atoms with Crippen molar-refractivity contribution in [2.45, 2.75) is 6.54 Å². The van der Waals surface area contributed by atoms with Gasteiger partial charge in [-0.05, 0) is 6.07 Å². The Morgan fingerprint density at radius 3 is 2.71 bits per heavy atom. The Labute approximate surface area is 98.8 Å². The Hall–Kier alpha value is -2.05. The summed E-state index contributed by atoms with van der Waals surface area (Å²) in [6, 6.07) is 1.69. The minimum absolute atomic E-state index is 0.445. The summed E-state index contributed by atoms with van der Waals surface area (Å²) in [6.07, 6.45) is 1.75. The van der Waals surface area contributed by atoms with Gasteiger partial charge in [0.1, 0.15) is 5.82 Å². The van der Waals surface area contributed by atoms with Crippen molar-refractivity contribution < 1.29 is 9.59 Å². The van der Waals surface area contributed by atoms with Gasteiger partial charge in [0.2, 0.25) is 0 Å². The molecule has 2 rings (SSSR count). The average Bonchev–Trinajstić information content (AvgIpc) is 2.71. The van der Waals surface area contributed by atoms with E-state index in [9.17, 15) is 9.59 Å². The van der Waals surface area contributed by atoms with E-state index < -0.39 is 11.8 Å². The zero-order chi connectivity index (χ0) is 12.4. The average molecular weight is 237 g/mol. The molecule has 1 aliphatic heterocycles. The molecule has 0 radical (unpaired) electrons. The fourth-order valence-corrected chi connectivity index (χ4v) is 1.71. The number of nitrogens with two attached hydrogens (primary N) is 1. The number of likely N-dealkylation sites (N-methyl/N-ethyl adjacent to an activating group) is 1. The predicted molar refractivity (Wildman–Crippen MR) is 60.9 cm³/mol. The second-order valence-corrected chi connectivity index (χ2v) is 4.02. The van der Waals surface area contributed by atoms with E-state index >= 15 is 0 Å². The van der Waals surface area contributed by atoms with Gasteiger partial charge in [-0.15, -0.1) is 0 Å². The van der Waals surface area contributed by atoms with Crippen LogP contribution in [0.3, 0.4) is 0 Å². The second-order valence-electron chi connectivity index (χ2n) is 4.02. The molecule has 2 heterocycles. The van der Waals surface area contributed by atoms with Crippen molar-refractivity contribution in [3.8, 4) is 0 Å². The summed E-state index contributed by atoms with van der Waals surface area (Å²) in [5, 5.41) is 4.02. The third-order valence-electron chi connectivity index (χ3n) is 2.78. The lowest BCUT2D eigenvalue weighted by Crippen LogP contribution is -2.53. The molecule has 1 aliphatic rings. The molecule has 0 atom stereocenters. The van der Waals surface area contributed by atoms with Gasteiger partial charge in [-0.3, -0.25) is 14.3 Å². The highest BCUT2D eigenvalue weighted by atomic mass is 16.2. The quantitative estimate of drug-likeness (QED) is 0.667. The van der Waals surface area contributed by atoms with Gasteiger partial charge in [-0.1, -0.05) is 0 Å². The van der Waals surface area contributed by atoms with E-state index in [-0.39, 0.29) is 0 Å². The monoisotopic (exact) mass is 237 g/mol. The van der Waals surface area contributed by atoms with Crippen LogP contribution in [-0.2, 0) is 16.1 Å². The molecule has 0 aromatic carbocycles. The molecule has 0 saturated carbocycles. The first-order valence-corrected chi connectivity index (χ1v) is 5.41. The lowest BCUT2D eigenvalue weighted by molar-refractivity contribution is -0.155. The van der Waals surface area contributed by atoms with E-state index in [0.717, 1.165) is 0 Å². The molecule has 2 amide bonds. The van der Waals surface area contributed by atoms with Crippen LogP contribution < -0.4 is 5.73 Å². The highest BCUT2D eigenvalue weighted by Crippen LogP contribution is 2.03. The van der Waals surface area contributed by atoms with E-state index in [0.29, 0.717) is 32.0 Å². The summed E-state index contributed by atoms with van der Waals surface area (Å²) in [6.45, 7) is 2.16. The number of piperazine rings is 1. The van der Waals surface area contributed by atoms with Crippen LogP contribution in [0.5, 0.6) is 0 Å². The van der Waals surface area contributed by atoms with E-state index in [1.807, 2.05) is 0 Å². The molecule has 2 N–H and O–H groups in total. The van der Waals surface area contributed by atoms with Gasteiger partial charge in [0, 0.05) is 32.9 Å². The van der Waals surface area contributed by atoms with E-state index in [1.54, 1.807) is 28.9 Å². The Bertz CT molecular complexity index is 442. The summed E-state index contributed by atoms with van der Waals surface area (Å²) >= 11 is 0. The van der Waals surface area contributed by atoms with Gasteiger partial charge in [0.25, 0.3) is 0 Å². The highest BCUT2D eigenvalue weighted by Gasteiger charge is 2.29. The smallest absolute Gasteiger partial charge is 0.312 e. The van der Waals surface area contributed by atoms with Crippen LogP contribution in [0.4, 0.5) is 5.82 Å². The van der Waals surface area contributed by atoms with E-state index in [2.05, 4.69) is 5.10 Å². The molecule has 1 saturated heterocycles. The number of hydrogen-bond acceptors (Lipinski definition) is 4. The third-order valence-corrected chi connectivity index (χ3v) is 2.78. The standard InChI is InChI=1S/C10H15N5O2/c1-13-4-5-14(10(17)9(13)16)6-7-15-3-2-8(11)12-15/h2-3H,4-7H2,1H3,(H2,11,12). The molecule has 1 aromatic rings. The van der Waals surface area contributed by atoms with Crippen LogP contribution >= 0.6 is 0 Å². The first kappa shape index (κ1) is 11.4. The molecule has 1 fully saturated rings. The van der Waals surface area contributed by atoms with E-state index in [4.69, 9.17) is 5.73 Å². The number of aromatic nitrogens is 2. The molecule has 0 unspecified atom stereocenters. The number of rotatable bonds is 3. The molecule has 0 bridgehead atoms. The van der Waals surface area contributed by atoms with Crippen molar-refractivity contribution in [2.75, 3.05) is 32.4 Å². The number of carbonyl (C=O) groups is 2. The molecule has 1 aromatic heterocycles. The maximum absolute atomic E-state index is 11.6. The van der Waals surface area contributed by atoms with Gasteiger partial charge in [0.05, 0.1) is 6.54 Å². The van der Waals surface area contributed by atoms with Crippen LogP contribution in [0.1, 0.15) is 0 Å². The molecule has 7 nitrogen and oxygen atoms in total. The molecule has 0 aliphatic carbocycles. The number of carbonyl (C=O) groups excluding carboxylic acids is 2. The van der Waals surface area contributed by atoms with Crippen molar-refractivity contribution in [1.82, 2.24) is 19.6 Å². The van der Waals surface area contributed by atoms with E-state index in [1.165, 1.54) is 4.90 Å². The van der Waals surface area contributed by atoms with Crippen molar-refractivity contribution in [1.29, 1.82) is 0 Å². The van der Waals surface area contributed by atoms with Crippen LogP contribution in [0.15, 0.2) is 12.3 Å². The largest absolute Gasteiger partial charge is 0.382 e. The van der Waals surface area contributed by atoms with Gasteiger partial charge < -0.3 is 15.5 Å². The first-order chi connectivity index (χ1) is 8.08. The number of amides is 2. The Morgan fingerprint density at radius 1 is 1.29 bits per heavy atom. The maximum Gasteiger partial charge on any atom is 0.312 e. The molecule has 92 valence electrons. The van der Waals surface area contributed by atoms with Gasteiger partial charge >= 0.3 is 11.8 Å². The summed E-state index contributed by atoms with van der Waals surface area (Å²) < 4.78 is 1.66. The fourth-order valence-electron chi connectivity index (χ4n) is 1.71. The Morgan fingerprint density at radius 2 is 2.06 bits per heavy atom. The molecule has 7 heteroatoms.